The molecule has 1 amide bonds. The Labute approximate surface area is 123 Å². The smallest absolute Gasteiger partial charge is 0.242 e. The molecule has 0 aliphatic heterocycles. The van der Waals surface area contributed by atoms with Crippen LogP contribution in [0.5, 0.6) is 0 Å². The highest BCUT2D eigenvalue weighted by Crippen LogP contribution is 2.28. The van der Waals surface area contributed by atoms with E-state index in [0.717, 1.165) is 30.5 Å². The van der Waals surface area contributed by atoms with Crippen molar-refractivity contribution in [1.29, 1.82) is 0 Å². The van der Waals surface area contributed by atoms with Crippen molar-refractivity contribution in [2.75, 3.05) is 7.05 Å². The SMILES string of the molecule is CNC(C(=O)NC1CCCc2cn[nH]c21)c1cnn(C)c1. The molecule has 0 fully saturated rings. The quantitative estimate of drug-likeness (QED) is 0.768. The van der Waals surface area contributed by atoms with Gasteiger partial charge >= 0.3 is 0 Å². The van der Waals surface area contributed by atoms with Crippen molar-refractivity contribution in [1.82, 2.24) is 30.6 Å². The molecule has 112 valence electrons. The van der Waals surface area contributed by atoms with Crippen LogP contribution in [0.4, 0.5) is 0 Å². The first-order valence-electron chi connectivity index (χ1n) is 7.17. The van der Waals surface area contributed by atoms with Gasteiger partial charge in [0.15, 0.2) is 0 Å². The zero-order valence-electron chi connectivity index (χ0n) is 12.3. The fourth-order valence-corrected chi connectivity index (χ4v) is 2.90. The number of aromatic amines is 1. The van der Waals surface area contributed by atoms with Crippen LogP contribution in [0, 0.1) is 0 Å². The van der Waals surface area contributed by atoms with Crippen molar-refractivity contribution in [3.8, 4) is 0 Å². The molecule has 2 unspecified atom stereocenters. The maximum Gasteiger partial charge on any atom is 0.242 e. The number of carbonyl (C=O) groups is 1. The highest BCUT2D eigenvalue weighted by molar-refractivity contribution is 5.83. The molecule has 2 aromatic rings. The van der Waals surface area contributed by atoms with E-state index < -0.39 is 6.04 Å². The second-order valence-corrected chi connectivity index (χ2v) is 5.43. The molecule has 7 nitrogen and oxygen atoms in total. The van der Waals surface area contributed by atoms with Gasteiger partial charge in [-0.25, -0.2) is 0 Å². The summed E-state index contributed by atoms with van der Waals surface area (Å²) >= 11 is 0. The fourth-order valence-electron chi connectivity index (χ4n) is 2.90. The molecule has 2 atom stereocenters. The molecule has 1 aliphatic carbocycles. The molecule has 0 bridgehead atoms. The summed E-state index contributed by atoms with van der Waals surface area (Å²) in [7, 11) is 3.62. The van der Waals surface area contributed by atoms with Gasteiger partial charge in [0, 0.05) is 18.8 Å². The van der Waals surface area contributed by atoms with E-state index in [4.69, 9.17) is 0 Å². The molecular formula is C14H20N6O. The third-order valence-corrected chi connectivity index (χ3v) is 3.96. The summed E-state index contributed by atoms with van der Waals surface area (Å²) in [6.07, 6.45) is 8.44. The van der Waals surface area contributed by atoms with Crippen LogP contribution in [0.3, 0.4) is 0 Å². The summed E-state index contributed by atoms with van der Waals surface area (Å²) in [6.45, 7) is 0. The summed E-state index contributed by atoms with van der Waals surface area (Å²) in [6, 6.07) is -0.386. The number of aryl methyl sites for hydroxylation is 2. The van der Waals surface area contributed by atoms with Gasteiger partial charge in [-0.15, -0.1) is 0 Å². The Hall–Kier alpha value is -2.15. The van der Waals surface area contributed by atoms with Gasteiger partial charge in [0.05, 0.1) is 24.1 Å². The van der Waals surface area contributed by atoms with Crippen LogP contribution in [0.1, 0.15) is 41.7 Å². The Kier molecular flexibility index (Phi) is 3.74. The van der Waals surface area contributed by atoms with Crippen LogP contribution in [0.2, 0.25) is 0 Å². The Morgan fingerprint density at radius 3 is 3.10 bits per heavy atom. The van der Waals surface area contributed by atoms with Gasteiger partial charge in [-0.05, 0) is 31.9 Å². The van der Waals surface area contributed by atoms with E-state index in [2.05, 4.69) is 25.9 Å². The maximum atomic E-state index is 12.5. The third kappa shape index (κ3) is 2.69. The van der Waals surface area contributed by atoms with Gasteiger partial charge < -0.3 is 10.6 Å². The van der Waals surface area contributed by atoms with Crippen molar-refractivity contribution < 1.29 is 4.79 Å². The number of H-pyrrole nitrogens is 1. The molecule has 0 spiro atoms. The first-order chi connectivity index (χ1) is 10.2. The summed E-state index contributed by atoms with van der Waals surface area (Å²) in [5.41, 5.74) is 3.10. The minimum absolute atomic E-state index is 0.0104. The molecular weight excluding hydrogens is 268 g/mol. The number of aromatic nitrogens is 4. The molecule has 3 N–H and O–H groups in total. The summed E-state index contributed by atoms with van der Waals surface area (Å²) in [5.74, 6) is -0.0436. The van der Waals surface area contributed by atoms with Crippen LogP contribution in [-0.2, 0) is 18.3 Å². The van der Waals surface area contributed by atoms with Gasteiger partial charge in [0.25, 0.3) is 0 Å². The van der Waals surface area contributed by atoms with Gasteiger partial charge in [0.2, 0.25) is 5.91 Å². The second-order valence-electron chi connectivity index (χ2n) is 5.43. The van der Waals surface area contributed by atoms with E-state index in [0.29, 0.717) is 0 Å². The number of likely N-dealkylation sites (N-methyl/N-ethyl adjacent to an activating group) is 1. The zero-order chi connectivity index (χ0) is 14.8. The minimum atomic E-state index is -0.396. The molecule has 7 heteroatoms. The van der Waals surface area contributed by atoms with Crippen molar-refractivity contribution >= 4 is 5.91 Å². The minimum Gasteiger partial charge on any atom is -0.346 e. The second kappa shape index (κ2) is 5.69. The summed E-state index contributed by atoms with van der Waals surface area (Å²) in [5, 5.41) is 17.4. The molecule has 1 aliphatic rings. The predicted molar refractivity (Wildman–Crippen MR) is 77.4 cm³/mol. The highest BCUT2D eigenvalue weighted by Gasteiger charge is 2.27. The summed E-state index contributed by atoms with van der Waals surface area (Å²) < 4.78 is 1.70. The van der Waals surface area contributed by atoms with E-state index in [-0.39, 0.29) is 11.9 Å². The van der Waals surface area contributed by atoms with E-state index in [1.54, 1.807) is 17.9 Å². The number of fused-ring (bicyclic) bond motifs is 1. The van der Waals surface area contributed by atoms with Crippen LogP contribution in [-0.4, -0.2) is 32.9 Å². The molecule has 0 saturated carbocycles. The maximum absolute atomic E-state index is 12.5. The highest BCUT2D eigenvalue weighted by atomic mass is 16.2. The normalized spacial score (nSPS) is 19.0. The molecule has 21 heavy (non-hydrogen) atoms. The molecule has 3 rings (SSSR count). The van der Waals surface area contributed by atoms with Gasteiger partial charge in [0.1, 0.15) is 6.04 Å². The standard InChI is InChI=1S/C14H20N6O/c1-15-13(10-7-17-20(2)8-10)14(21)18-11-5-3-4-9-6-16-19-12(9)11/h6-8,11,13,15H,3-5H2,1-2H3,(H,16,19)(H,18,21). The Bertz CT molecular complexity index is 631. The molecule has 0 saturated heterocycles. The van der Waals surface area contributed by atoms with E-state index in [9.17, 15) is 4.79 Å². The Morgan fingerprint density at radius 1 is 1.52 bits per heavy atom. The Balaban J connectivity index is 1.74. The lowest BCUT2D eigenvalue weighted by molar-refractivity contribution is -0.124. The van der Waals surface area contributed by atoms with Crippen LogP contribution >= 0.6 is 0 Å². The predicted octanol–water partition coefficient (Wildman–Crippen LogP) is 0.597. The Morgan fingerprint density at radius 2 is 2.38 bits per heavy atom. The number of rotatable bonds is 4. The van der Waals surface area contributed by atoms with Gasteiger partial charge in [-0.1, -0.05) is 0 Å². The number of carbonyl (C=O) groups excluding carboxylic acids is 1. The molecule has 2 aromatic heterocycles. The number of nitrogens with one attached hydrogen (secondary N) is 3. The van der Waals surface area contributed by atoms with Crippen molar-refractivity contribution in [2.24, 2.45) is 7.05 Å². The van der Waals surface area contributed by atoms with E-state index in [1.807, 2.05) is 19.4 Å². The molecule has 0 radical (unpaired) electrons. The number of amides is 1. The fraction of sp³-hybridized carbons (Fsp3) is 0.500. The number of hydrogen-bond acceptors (Lipinski definition) is 4. The van der Waals surface area contributed by atoms with Crippen LogP contribution in [0.25, 0.3) is 0 Å². The first kappa shape index (κ1) is 13.8. The number of hydrogen-bond donors (Lipinski definition) is 3. The monoisotopic (exact) mass is 288 g/mol. The average Bonchev–Trinajstić information content (AvgIpc) is 3.09. The largest absolute Gasteiger partial charge is 0.346 e. The first-order valence-corrected chi connectivity index (χ1v) is 7.17. The number of nitrogens with zero attached hydrogens (tertiary/aromatic N) is 3. The topological polar surface area (TPSA) is 87.6 Å². The summed E-state index contributed by atoms with van der Waals surface area (Å²) in [4.78, 5) is 12.5. The average molecular weight is 288 g/mol. The molecule has 2 heterocycles. The van der Waals surface area contributed by atoms with Crippen LogP contribution < -0.4 is 10.6 Å². The lowest BCUT2D eigenvalue weighted by atomic mass is 9.93. The third-order valence-electron chi connectivity index (χ3n) is 3.96. The lowest BCUT2D eigenvalue weighted by Gasteiger charge is -2.25. The zero-order valence-corrected chi connectivity index (χ0v) is 12.3. The van der Waals surface area contributed by atoms with E-state index >= 15 is 0 Å². The molecule has 0 aromatic carbocycles. The van der Waals surface area contributed by atoms with Gasteiger partial charge in [-0.3, -0.25) is 14.6 Å². The van der Waals surface area contributed by atoms with Crippen molar-refractivity contribution in [3.05, 3.63) is 35.4 Å². The van der Waals surface area contributed by atoms with Crippen molar-refractivity contribution in [2.45, 2.75) is 31.3 Å². The van der Waals surface area contributed by atoms with E-state index in [1.165, 1.54) is 5.56 Å². The van der Waals surface area contributed by atoms with Crippen LogP contribution in [0.15, 0.2) is 18.6 Å². The van der Waals surface area contributed by atoms with Gasteiger partial charge in [-0.2, -0.15) is 10.2 Å². The lowest BCUT2D eigenvalue weighted by Crippen LogP contribution is -2.39. The van der Waals surface area contributed by atoms with Crippen molar-refractivity contribution in [3.63, 3.8) is 0 Å².